The van der Waals surface area contributed by atoms with Crippen LogP contribution >= 0.6 is 0 Å². The lowest BCUT2D eigenvalue weighted by Gasteiger charge is -2.51. The first-order valence-corrected chi connectivity index (χ1v) is 23.5. The van der Waals surface area contributed by atoms with E-state index in [1.807, 2.05) is 26.0 Å². The molecule has 10 bridgehead atoms. The molecule has 0 amide bonds. The van der Waals surface area contributed by atoms with Gasteiger partial charge in [0.25, 0.3) is 0 Å². The fourth-order valence-corrected chi connectivity index (χ4v) is 12.5. The number of rotatable bonds is 2. The minimum atomic E-state index is -1.97. The summed E-state index contributed by atoms with van der Waals surface area (Å²) in [4.78, 5) is 28.2. The lowest BCUT2D eigenvalue weighted by Crippen LogP contribution is -2.61. The van der Waals surface area contributed by atoms with Crippen molar-refractivity contribution in [3.05, 3.63) is 23.8 Å². The average molecular weight is 875 g/mol. The Bertz CT molecular complexity index is 1770. The Morgan fingerprint density at radius 2 is 1.65 bits per heavy atom. The van der Waals surface area contributed by atoms with Crippen LogP contribution in [0.15, 0.2) is 23.8 Å². The largest absolute Gasteiger partial charge is 0.459 e. The van der Waals surface area contributed by atoms with Crippen molar-refractivity contribution < 1.29 is 72.6 Å². The zero-order chi connectivity index (χ0) is 44.0. The highest BCUT2D eigenvalue weighted by Crippen LogP contribution is 2.55. The molecule has 8 fully saturated rings. The molecule has 9 aliphatic heterocycles. The molecule has 0 aromatic rings. The monoisotopic (exact) mass is 874 g/mol. The second-order valence-electron chi connectivity index (χ2n) is 21.2. The van der Waals surface area contributed by atoms with Crippen molar-refractivity contribution in [1.29, 1.82) is 0 Å². The maximum atomic E-state index is 14.1. The molecule has 0 saturated carbocycles. The van der Waals surface area contributed by atoms with Crippen LogP contribution in [0.4, 0.5) is 0 Å². The molecule has 19 atom stereocenters. The van der Waals surface area contributed by atoms with Gasteiger partial charge in [-0.3, -0.25) is 9.59 Å². The van der Waals surface area contributed by atoms with Crippen LogP contribution in [0.3, 0.4) is 0 Å². The van der Waals surface area contributed by atoms with E-state index in [0.717, 1.165) is 12.0 Å². The van der Waals surface area contributed by atoms with Crippen molar-refractivity contribution in [3.63, 3.8) is 0 Å². The number of esters is 1. The number of aliphatic hydroxyl groups excluding tert-OH is 3. The lowest BCUT2D eigenvalue weighted by molar-refractivity contribution is -0.372. The lowest BCUT2D eigenvalue weighted by atomic mass is 9.83. The highest BCUT2D eigenvalue weighted by atomic mass is 16.8. The second kappa shape index (κ2) is 16.5. The summed E-state index contributed by atoms with van der Waals surface area (Å²) < 4.78 is 59.3. The van der Waals surface area contributed by atoms with Crippen LogP contribution in [0.2, 0.25) is 0 Å². The summed E-state index contributed by atoms with van der Waals surface area (Å²) in [5.74, 6) is -5.77. The molecule has 8 saturated heterocycles. The molecular weight excluding hydrogens is 805 g/mol. The van der Waals surface area contributed by atoms with Crippen molar-refractivity contribution in [2.75, 3.05) is 13.2 Å². The third kappa shape index (κ3) is 8.09. The number of hydrogen-bond acceptors (Lipinski definition) is 15. The van der Waals surface area contributed by atoms with Gasteiger partial charge in [0.15, 0.2) is 17.4 Å². The first kappa shape index (κ1) is 45.3. The van der Waals surface area contributed by atoms with E-state index in [0.29, 0.717) is 64.2 Å². The summed E-state index contributed by atoms with van der Waals surface area (Å²) in [6, 6.07) is 0. The normalized spacial score (nSPS) is 54.2. The van der Waals surface area contributed by atoms with Gasteiger partial charge in [-0.1, -0.05) is 37.6 Å². The van der Waals surface area contributed by atoms with Crippen molar-refractivity contribution >= 4 is 11.8 Å². The fourth-order valence-electron chi connectivity index (χ4n) is 12.5. The SMILES string of the molecule is CC1=C[C@H](C)C[C@]2(C)CC[C@@H](O2)[C@]23CC[C@](CO)(C[C@@H](O2)[C@H]2O[C@@](C)(CC2=O)[C@H]2O[C@]4(CCC[C@H](O4)[C@@H](C)C(=O)O[C@@H]4C[C@@H]([C@]5(O)OCC[C@@H](C)[C@H]5O)O[C@@H]4/C=C\1)CC[C@@H]2O)O3. The molecule has 0 unspecified atom stereocenters. The van der Waals surface area contributed by atoms with Gasteiger partial charge in [-0.2, -0.15) is 0 Å². The van der Waals surface area contributed by atoms with E-state index in [1.165, 1.54) is 0 Å². The van der Waals surface area contributed by atoms with Crippen molar-refractivity contribution in [2.24, 2.45) is 17.8 Å². The Balaban J connectivity index is 1.03. The number of Topliss-reactive ketones (excluding diaryl/α,β-unsaturated/α-hetero) is 1. The van der Waals surface area contributed by atoms with E-state index in [1.54, 1.807) is 13.8 Å². The Morgan fingerprint density at radius 1 is 0.839 bits per heavy atom. The zero-order valence-corrected chi connectivity index (χ0v) is 37.3. The summed E-state index contributed by atoms with van der Waals surface area (Å²) in [6.07, 6.45) is 4.40. The molecule has 348 valence electrons. The minimum Gasteiger partial charge on any atom is -0.459 e. The number of hydrogen-bond donors (Lipinski definition) is 4. The first-order valence-electron chi connectivity index (χ1n) is 23.5. The number of ketones is 1. The number of carbonyl (C=O) groups is 2. The van der Waals surface area contributed by atoms with Gasteiger partial charge in [-0.05, 0) is 90.9 Å². The van der Waals surface area contributed by atoms with E-state index in [4.69, 9.17) is 42.6 Å². The molecule has 9 heterocycles. The van der Waals surface area contributed by atoms with Crippen LogP contribution in [0.5, 0.6) is 0 Å². The molecule has 62 heavy (non-hydrogen) atoms. The van der Waals surface area contributed by atoms with E-state index >= 15 is 0 Å². The van der Waals surface area contributed by atoms with Crippen molar-refractivity contribution in [3.8, 4) is 0 Å². The molecule has 9 aliphatic rings. The minimum absolute atomic E-state index is 0.0134. The standard InChI is InChI=1S/C47H70O15/c1-26-9-10-33-34(21-37(55-33)47(53)39(51)28(3)13-19-54-47)56-41(52)29(4)32-8-7-14-45(57-32)16-11-30(49)40(61-45)43(6)23-31(50)38(60-43)35-24-44(25-48)17-18-46(58-35,62-44)36-12-15-42(5,59-36)22-27(2)20-26/h9-10,20,27-30,32-40,48-49,51,53H,7-8,11-19,21-25H2,1-6H3/b10-9-,26-20?/t27-,28+,29+,30-,32-,33+,34+,35+,36+,37-,38-,39+,40-,42-,43-,44+,45+,46+,47-/m0/s1. The fraction of sp³-hybridized carbons (Fsp3) is 0.872. The van der Waals surface area contributed by atoms with Gasteiger partial charge < -0.3 is 63.1 Å². The number of carbonyl (C=O) groups excluding carboxylic acids is 2. The van der Waals surface area contributed by atoms with Gasteiger partial charge >= 0.3 is 5.97 Å². The summed E-state index contributed by atoms with van der Waals surface area (Å²) in [6.45, 7) is 11.7. The molecule has 0 aromatic carbocycles. The quantitative estimate of drug-likeness (QED) is 0.227. The van der Waals surface area contributed by atoms with E-state index in [2.05, 4.69) is 19.9 Å². The van der Waals surface area contributed by atoms with Crippen LogP contribution in [0.1, 0.15) is 131 Å². The summed E-state index contributed by atoms with van der Waals surface area (Å²) >= 11 is 0. The predicted molar refractivity (Wildman–Crippen MR) is 219 cm³/mol. The summed E-state index contributed by atoms with van der Waals surface area (Å²) in [5, 5.41) is 45.1. The smallest absolute Gasteiger partial charge is 0.311 e. The molecule has 2 spiro atoms. The zero-order valence-electron chi connectivity index (χ0n) is 37.3. The van der Waals surface area contributed by atoms with Gasteiger partial charge in [0.05, 0.1) is 48.6 Å². The van der Waals surface area contributed by atoms with E-state index in [-0.39, 0.29) is 50.1 Å². The Kier molecular flexibility index (Phi) is 12.0. The Labute approximate surface area is 365 Å². The Hall–Kier alpha value is -1.86. The average Bonchev–Trinajstić information content (AvgIpc) is 3.99. The van der Waals surface area contributed by atoms with E-state index in [9.17, 15) is 30.0 Å². The third-order valence-electron chi connectivity index (χ3n) is 16.0. The molecule has 15 nitrogen and oxygen atoms in total. The number of ether oxygens (including phenoxy) is 9. The third-order valence-corrected chi connectivity index (χ3v) is 16.0. The van der Waals surface area contributed by atoms with Gasteiger partial charge in [0.1, 0.15) is 48.3 Å². The molecule has 0 aliphatic carbocycles. The van der Waals surface area contributed by atoms with Crippen LogP contribution in [-0.2, 0) is 52.2 Å². The van der Waals surface area contributed by atoms with Gasteiger partial charge in [0.2, 0.25) is 5.79 Å². The van der Waals surface area contributed by atoms with Gasteiger partial charge in [-0.15, -0.1) is 0 Å². The first-order chi connectivity index (χ1) is 29.3. The number of aliphatic hydroxyl groups is 4. The van der Waals surface area contributed by atoms with Crippen molar-refractivity contribution in [1.82, 2.24) is 0 Å². The molecule has 9 rings (SSSR count). The second-order valence-corrected chi connectivity index (χ2v) is 21.2. The predicted octanol–water partition coefficient (Wildman–Crippen LogP) is 4.23. The maximum Gasteiger partial charge on any atom is 0.311 e. The molecule has 0 aromatic heterocycles. The topological polar surface area (TPSA) is 198 Å². The van der Waals surface area contributed by atoms with Crippen LogP contribution in [0.25, 0.3) is 0 Å². The highest BCUT2D eigenvalue weighted by Gasteiger charge is 2.66. The Morgan fingerprint density at radius 3 is 2.44 bits per heavy atom. The number of allylic oxidation sites excluding steroid dienone is 3. The summed E-state index contributed by atoms with van der Waals surface area (Å²) in [7, 11) is 0. The number of fused-ring (bicyclic) bond motifs is 11. The van der Waals surface area contributed by atoms with E-state index < -0.39 is 107 Å². The molecule has 15 heteroatoms. The summed E-state index contributed by atoms with van der Waals surface area (Å²) in [5.41, 5.74) is -1.68. The van der Waals surface area contributed by atoms with Crippen molar-refractivity contribution in [2.45, 2.75) is 227 Å². The highest BCUT2D eigenvalue weighted by molar-refractivity contribution is 5.86. The van der Waals surface area contributed by atoms with Crippen LogP contribution in [-0.4, -0.2) is 141 Å². The maximum absolute atomic E-state index is 14.1. The van der Waals surface area contributed by atoms with Gasteiger partial charge in [-0.25, -0.2) is 0 Å². The molecule has 0 radical (unpaired) electrons. The van der Waals surface area contributed by atoms with Gasteiger partial charge in [0, 0.05) is 38.5 Å². The molecular formula is C47H70O15. The van der Waals surface area contributed by atoms with Crippen LogP contribution < -0.4 is 0 Å². The van der Waals surface area contributed by atoms with Crippen LogP contribution in [0, 0.1) is 17.8 Å². The molecule has 4 N–H and O–H groups in total.